The van der Waals surface area contributed by atoms with Gasteiger partial charge in [-0.05, 0) is 30.0 Å². The van der Waals surface area contributed by atoms with Crippen LogP contribution in [0, 0.1) is 0 Å². The first-order valence-corrected chi connectivity index (χ1v) is 5.79. The molecule has 0 saturated heterocycles. The van der Waals surface area contributed by atoms with Gasteiger partial charge in [-0.15, -0.1) is 0 Å². The topological polar surface area (TPSA) is 12.0 Å². The Kier molecular flexibility index (Phi) is 4.85. The Bertz CT molecular complexity index is 345. The summed E-state index contributed by atoms with van der Waals surface area (Å²) in [4.78, 5) is 0. The summed E-state index contributed by atoms with van der Waals surface area (Å²) >= 11 is 0. The maximum absolute atomic E-state index is 11.9. The van der Waals surface area contributed by atoms with Crippen molar-refractivity contribution < 1.29 is 13.2 Å². The van der Waals surface area contributed by atoms with Crippen LogP contribution in [-0.2, 0) is 0 Å². The van der Waals surface area contributed by atoms with Crippen molar-refractivity contribution in [3.05, 3.63) is 29.8 Å². The number of alkyl halides is 3. The summed E-state index contributed by atoms with van der Waals surface area (Å²) in [6.07, 6.45) is -4.68. The third kappa shape index (κ3) is 5.61. The molecule has 0 atom stereocenters. The van der Waals surface area contributed by atoms with Crippen LogP contribution in [-0.4, -0.2) is 12.7 Å². The molecule has 0 aliphatic rings. The van der Waals surface area contributed by atoms with E-state index in [-0.39, 0.29) is 6.42 Å². The zero-order valence-electron chi connectivity index (χ0n) is 10.1. The zero-order chi connectivity index (χ0) is 12.9. The lowest BCUT2D eigenvalue weighted by atomic mass is 10.0. The Labute approximate surface area is 100 Å². The van der Waals surface area contributed by atoms with Crippen LogP contribution in [0.15, 0.2) is 24.3 Å². The fourth-order valence-electron chi connectivity index (χ4n) is 1.53. The van der Waals surface area contributed by atoms with Gasteiger partial charge in [-0.25, -0.2) is 0 Å². The summed E-state index contributed by atoms with van der Waals surface area (Å²) in [7, 11) is 0. The van der Waals surface area contributed by atoms with Gasteiger partial charge in [0, 0.05) is 18.7 Å². The summed E-state index contributed by atoms with van der Waals surface area (Å²) in [6.45, 7) is 4.52. The molecule has 0 amide bonds. The van der Waals surface area contributed by atoms with Gasteiger partial charge >= 0.3 is 6.18 Å². The molecule has 1 aromatic carbocycles. The highest BCUT2D eigenvalue weighted by Gasteiger charge is 2.25. The molecule has 1 aromatic rings. The summed E-state index contributed by atoms with van der Waals surface area (Å²) in [6, 6.07) is 7.80. The van der Waals surface area contributed by atoms with Crippen molar-refractivity contribution in [3.63, 3.8) is 0 Å². The van der Waals surface area contributed by atoms with E-state index in [2.05, 4.69) is 19.2 Å². The third-order valence-electron chi connectivity index (χ3n) is 2.52. The van der Waals surface area contributed by atoms with Crippen LogP contribution >= 0.6 is 0 Å². The fourth-order valence-corrected chi connectivity index (χ4v) is 1.53. The lowest BCUT2D eigenvalue weighted by molar-refractivity contribution is -0.134. The quantitative estimate of drug-likeness (QED) is 0.749. The molecule has 0 saturated carbocycles. The summed E-state index contributed by atoms with van der Waals surface area (Å²) in [5, 5.41) is 3.01. The smallest absolute Gasteiger partial charge is 0.385 e. The number of halogens is 3. The Hall–Kier alpha value is -1.19. The van der Waals surface area contributed by atoms with Crippen molar-refractivity contribution in [2.24, 2.45) is 0 Å². The van der Waals surface area contributed by atoms with Crippen molar-refractivity contribution in [1.29, 1.82) is 0 Å². The molecule has 96 valence electrons. The molecule has 0 aliphatic carbocycles. The number of anilines is 1. The largest absolute Gasteiger partial charge is 0.389 e. The normalized spacial score (nSPS) is 11.9. The Balaban J connectivity index is 2.39. The van der Waals surface area contributed by atoms with Gasteiger partial charge in [0.1, 0.15) is 0 Å². The Morgan fingerprint density at radius 3 is 2.53 bits per heavy atom. The first-order valence-electron chi connectivity index (χ1n) is 5.79. The highest BCUT2D eigenvalue weighted by Crippen LogP contribution is 2.22. The van der Waals surface area contributed by atoms with Crippen LogP contribution in [0.3, 0.4) is 0 Å². The Morgan fingerprint density at radius 1 is 1.24 bits per heavy atom. The molecule has 1 nitrogen and oxygen atoms in total. The van der Waals surface area contributed by atoms with E-state index in [1.807, 2.05) is 24.3 Å². The first kappa shape index (κ1) is 13.9. The van der Waals surface area contributed by atoms with Gasteiger partial charge in [-0.1, -0.05) is 26.0 Å². The molecule has 0 unspecified atom stereocenters. The first-order chi connectivity index (χ1) is 7.88. The summed E-state index contributed by atoms with van der Waals surface area (Å²) in [5.74, 6) is 0.423. The van der Waals surface area contributed by atoms with Crippen LogP contribution in [0.1, 0.15) is 38.2 Å². The predicted octanol–water partition coefficient (Wildman–Crippen LogP) is 4.56. The molecule has 0 bridgehead atoms. The van der Waals surface area contributed by atoms with Gasteiger partial charge in [0.05, 0.1) is 0 Å². The monoisotopic (exact) mass is 245 g/mol. The van der Waals surface area contributed by atoms with Crippen molar-refractivity contribution >= 4 is 5.69 Å². The lowest BCUT2D eigenvalue weighted by Crippen LogP contribution is -2.11. The molecule has 1 N–H and O–H groups in total. The van der Waals surface area contributed by atoms with Gasteiger partial charge in [0.15, 0.2) is 0 Å². The molecule has 17 heavy (non-hydrogen) atoms. The van der Waals surface area contributed by atoms with Gasteiger partial charge in [-0.2, -0.15) is 13.2 Å². The molecule has 1 rings (SSSR count). The number of nitrogens with one attached hydrogen (secondary N) is 1. The van der Waals surface area contributed by atoms with Crippen molar-refractivity contribution in [3.8, 4) is 0 Å². The number of hydrogen-bond donors (Lipinski definition) is 1. The minimum atomic E-state index is -4.05. The minimum Gasteiger partial charge on any atom is -0.385 e. The number of hydrogen-bond acceptors (Lipinski definition) is 1. The third-order valence-corrected chi connectivity index (χ3v) is 2.52. The number of rotatable bonds is 5. The maximum atomic E-state index is 11.9. The van der Waals surface area contributed by atoms with Crippen LogP contribution in [0.5, 0.6) is 0 Å². The molecule has 0 aromatic heterocycles. The second-order valence-corrected chi connectivity index (χ2v) is 4.43. The van der Waals surface area contributed by atoms with E-state index in [9.17, 15) is 13.2 Å². The van der Waals surface area contributed by atoms with E-state index in [0.29, 0.717) is 12.5 Å². The standard InChI is InChI=1S/C13H18F3N/c1-10(2)11-5-3-6-12(9-11)17-8-4-7-13(14,15)16/h3,5-6,9-10,17H,4,7-8H2,1-2H3. The van der Waals surface area contributed by atoms with Crippen LogP contribution in [0.25, 0.3) is 0 Å². The van der Waals surface area contributed by atoms with E-state index in [0.717, 1.165) is 5.69 Å². The summed E-state index contributed by atoms with van der Waals surface area (Å²) in [5.41, 5.74) is 2.07. The molecule has 4 heteroatoms. The zero-order valence-corrected chi connectivity index (χ0v) is 10.1. The van der Waals surface area contributed by atoms with Crippen molar-refractivity contribution in [1.82, 2.24) is 0 Å². The predicted molar refractivity (Wildman–Crippen MR) is 64.3 cm³/mol. The van der Waals surface area contributed by atoms with Gasteiger partial charge in [-0.3, -0.25) is 0 Å². The minimum absolute atomic E-state index is 0.107. The van der Waals surface area contributed by atoms with E-state index < -0.39 is 12.6 Å². The van der Waals surface area contributed by atoms with Gasteiger partial charge in [0.25, 0.3) is 0 Å². The van der Waals surface area contributed by atoms with Gasteiger partial charge < -0.3 is 5.32 Å². The second-order valence-electron chi connectivity index (χ2n) is 4.43. The van der Waals surface area contributed by atoms with Crippen LogP contribution < -0.4 is 5.32 Å². The highest BCUT2D eigenvalue weighted by molar-refractivity contribution is 5.46. The molecule has 0 spiro atoms. The lowest BCUT2D eigenvalue weighted by Gasteiger charge is -2.11. The SMILES string of the molecule is CC(C)c1cccc(NCCCC(F)(F)F)c1. The van der Waals surface area contributed by atoms with E-state index in [1.165, 1.54) is 5.56 Å². The molecule has 0 radical (unpaired) electrons. The fraction of sp³-hybridized carbons (Fsp3) is 0.538. The number of benzene rings is 1. The summed E-state index contributed by atoms with van der Waals surface area (Å²) < 4.78 is 35.8. The molecular weight excluding hydrogens is 227 g/mol. The van der Waals surface area contributed by atoms with E-state index in [1.54, 1.807) is 0 Å². The van der Waals surface area contributed by atoms with Crippen LogP contribution in [0.4, 0.5) is 18.9 Å². The van der Waals surface area contributed by atoms with Crippen molar-refractivity contribution in [2.75, 3.05) is 11.9 Å². The van der Waals surface area contributed by atoms with E-state index in [4.69, 9.17) is 0 Å². The second kappa shape index (κ2) is 5.94. The molecule has 0 fully saturated rings. The molecular formula is C13H18F3N. The van der Waals surface area contributed by atoms with Crippen LogP contribution in [0.2, 0.25) is 0 Å². The average molecular weight is 245 g/mol. The van der Waals surface area contributed by atoms with E-state index >= 15 is 0 Å². The molecule has 0 heterocycles. The van der Waals surface area contributed by atoms with Gasteiger partial charge in [0.2, 0.25) is 0 Å². The highest BCUT2D eigenvalue weighted by atomic mass is 19.4. The molecule has 0 aliphatic heterocycles. The van der Waals surface area contributed by atoms with Crippen molar-refractivity contribution in [2.45, 2.75) is 38.8 Å². The Morgan fingerprint density at radius 2 is 1.94 bits per heavy atom. The average Bonchev–Trinajstić information content (AvgIpc) is 2.23. The maximum Gasteiger partial charge on any atom is 0.389 e.